The third-order valence-corrected chi connectivity index (χ3v) is 10.2. The van der Waals surface area contributed by atoms with Crippen LogP contribution in [0.2, 0.25) is 0 Å². The molecule has 2 aromatic heterocycles. The first-order valence-electron chi connectivity index (χ1n) is 15.0. The summed E-state index contributed by atoms with van der Waals surface area (Å²) in [4.78, 5) is 38.1. The number of primary amides is 1. The molecule has 1 saturated carbocycles. The molecule has 42 heavy (non-hydrogen) atoms. The van der Waals surface area contributed by atoms with Crippen LogP contribution in [0.4, 0.5) is 5.69 Å². The maximum absolute atomic E-state index is 12.6. The van der Waals surface area contributed by atoms with Crippen molar-refractivity contribution in [3.05, 3.63) is 48.0 Å². The number of piperazine rings is 1. The maximum atomic E-state index is 12.6. The van der Waals surface area contributed by atoms with E-state index in [-0.39, 0.29) is 17.6 Å². The van der Waals surface area contributed by atoms with Crippen LogP contribution in [0.15, 0.2) is 36.7 Å². The third kappa shape index (κ3) is 6.61. The van der Waals surface area contributed by atoms with Gasteiger partial charge in [-0.1, -0.05) is 19.4 Å². The largest absolute Gasteiger partial charge is 0.367 e. The highest BCUT2D eigenvalue weighted by atomic mass is 32.2. The van der Waals surface area contributed by atoms with Gasteiger partial charge in [0.2, 0.25) is 5.91 Å². The predicted molar refractivity (Wildman–Crippen MR) is 164 cm³/mol. The number of fused-ring (bicyclic) bond motifs is 1. The van der Waals surface area contributed by atoms with Gasteiger partial charge < -0.3 is 20.1 Å². The van der Waals surface area contributed by atoms with Crippen LogP contribution >= 0.6 is 0 Å². The number of amides is 2. The number of hydrogen-bond donors (Lipinski definition) is 1. The van der Waals surface area contributed by atoms with Crippen LogP contribution in [0.5, 0.6) is 0 Å². The van der Waals surface area contributed by atoms with Gasteiger partial charge in [0, 0.05) is 69.2 Å². The molecule has 0 radical (unpaired) electrons. The smallest absolute Gasteiger partial charge is 0.250 e. The summed E-state index contributed by atoms with van der Waals surface area (Å²) >= 11 is 0. The van der Waals surface area contributed by atoms with Gasteiger partial charge in [-0.3, -0.25) is 9.59 Å². The molecule has 11 heteroatoms. The molecule has 5 rings (SSSR count). The summed E-state index contributed by atoms with van der Waals surface area (Å²) in [6.07, 6.45) is 10.6. The molecule has 0 bridgehead atoms. The molecular weight excluding hydrogens is 552 g/mol. The highest BCUT2D eigenvalue weighted by molar-refractivity contribution is 7.90. The van der Waals surface area contributed by atoms with Crippen molar-refractivity contribution in [1.82, 2.24) is 19.4 Å². The van der Waals surface area contributed by atoms with Gasteiger partial charge in [-0.2, -0.15) is 0 Å². The number of sulfone groups is 1. The lowest BCUT2D eigenvalue weighted by molar-refractivity contribution is -0.129. The maximum Gasteiger partial charge on any atom is 0.250 e. The van der Waals surface area contributed by atoms with Gasteiger partial charge in [0.15, 0.2) is 0 Å². The molecular formula is C31H42N6O4S. The van der Waals surface area contributed by atoms with Gasteiger partial charge in [0.25, 0.3) is 5.91 Å². The average molecular weight is 595 g/mol. The second-order valence-corrected chi connectivity index (χ2v) is 14.2. The van der Waals surface area contributed by atoms with Crippen molar-refractivity contribution in [2.45, 2.75) is 52.4 Å². The first-order valence-corrected chi connectivity index (χ1v) is 17.0. The number of hydrogen-bond acceptors (Lipinski definition) is 7. The molecule has 3 heterocycles. The van der Waals surface area contributed by atoms with Gasteiger partial charge in [-0.05, 0) is 61.6 Å². The van der Waals surface area contributed by atoms with Crippen molar-refractivity contribution >= 4 is 38.2 Å². The van der Waals surface area contributed by atoms with E-state index in [1.165, 1.54) is 6.26 Å². The van der Waals surface area contributed by atoms with Gasteiger partial charge in [0.1, 0.15) is 21.5 Å². The fourth-order valence-electron chi connectivity index (χ4n) is 6.92. The summed E-state index contributed by atoms with van der Waals surface area (Å²) in [6, 6.07) is 7.81. The zero-order chi connectivity index (χ0) is 30.0. The first-order chi connectivity index (χ1) is 20.0. The molecule has 1 aliphatic carbocycles. The third-order valence-electron chi connectivity index (χ3n) is 9.14. The number of anilines is 1. The number of carbonyl (C=O) groups is 2. The molecule has 1 aromatic carbocycles. The predicted octanol–water partition coefficient (Wildman–Crippen LogP) is 3.61. The Kier molecular flexibility index (Phi) is 8.86. The Labute approximate surface area is 248 Å². The highest BCUT2D eigenvalue weighted by Crippen LogP contribution is 2.37. The molecule has 2 N–H and O–H groups in total. The molecule has 0 spiro atoms. The van der Waals surface area contributed by atoms with Crippen molar-refractivity contribution in [2.75, 3.05) is 43.1 Å². The van der Waals surface area contributed by atoms with Crippen LogP contribution in [0.25, 0.3) is 16.7 Å². The van der Waals surface area contributed by atoms with Crippen LogP contribution in [0.3, 0.4) is 0 Å². The van der Waals surface area contributed by atoms with Crippen LogP contribution in [-0.4, -0.2) is 77.9 Å². The quantitative estimate of drug-likeness (QED) is 0.400. The van der Waals surface area contributed by atoms with E-state index in [9.17, 15) is 18.0 Å². The number of nitrogens with two attached hydrogens (primary N) is 1. The summed E-state index contributed by atoms with van der Waals surface area (Å²) in [7, 11) is -2.95. The van der Waals surface area contributed by atoms with Crippen molar-refractivity contribution in [3.63, 3.8) is 0 Å². The molecule has 2 amide bonds. The normalized spacial score (nSPS) is 20.5. The Bertz CT molecular complexity index is 1550. The lowest BCUT2D eigenvalue weighted by Gasteiger charge is -2.36. The minimum absolute atomic E-state index is 0.0707. The van der Waals surface area contributed by atoms with Gasteiger partial charge in [0.05, 0.1) is 16.8 Å². The minimum Gasteiger partial charge on any atom is -0.367 e. The molecule has 1 unspecified atom stereocenters. The van der Waals surface area contributed by atoms with Crippen LogP contribution in [0.1, 0.15) is 62.1 Å². The molecule has 226 valence electrons. The van der Waals surface area contributed by atoms with E-state index in [0.29, 0.717) is 49.4 Å². The van der Waals surface area contributed by atoms with Crippen molar-refractivity contribution in [2.24, 2.45) is 23.5 Å². The molecule has 1 aliphatic heterocycles. The lowest BCUT2D eigenvalue weighted by Crippen LogP contribution is -2.48. The molecule has 3 aromatic rings. The zero-order valence-corrected chi connectivity index (χ0v) is 25.6. The van der Waals surface area contributed by atoms with E-state index in [1.807, 2.05) is 33.7 Å². The summed E-state index contributed by atoms with van der Waals surface area (Å²) < 4.78 is 25.4. The Hall–Kier alpha value is -3.47. The van der Waals surface area contributed by atoms with Crippen LogP contribution in [-0.2, 0) is 21.1 Å². The molecule has 1 saturated heterocycles. The SMILES string of the molecule is CCC(Cc1nccc(-n2cc(C(N)=O)c3c(N4CCN(C(C)=O)CC4)cccc32)n1)C1CCC(CS(C)(=O)=O)CC1. The monoisotopic (exact) mass is 594 g/mol. The number of rotatable bonds is 9. The highest BCUT2D eigenvalue weighted by Gasteiger charge is 2.29. The van der Waals surface area contributed by atoms with Gasteiger partial charge >= 0.3 is 0 Å². The fourth-order valence-corrected chi connectivity index (χ4v) is 8.11. The summed E-state index contributed by atoms with van der Waals surface area (Å²) in [6.45, 7) is 6.40. The van der Waals surface area contributed by atoms with E-state index in [0.717, 1.165) is 60.9 Å². The number of aromatic nitrogens is 3. The summed E-state index contributed by atoms with van der Waals surface area (Å²) in [5.74, 6) is 2.51. The van der Waals surface area contributed by atoms with Gasteiger partial charge in [-0.25, -0.2) is 18.4 Å². The summed E-state index contributed by atoms with van der Waals surface area (Å²) in [5, 5.41) is 0.790. The number of nitrogens with zero attached hydrogens (tertiary/aromatic N) is 5. The van der Waals surface area contributed by atoms with E-state index in [2.05, 4.69) is 16.8 Å². The van der Waals surface area contributed by atoms with E-state index in [1.54, 1.807) is 19.3 Å². The van der Waals surface area contributed by atoms with E-state index >= 15 is 0 Å². The van der Waals surface area contributed by atoms with Crippen molar-refractivity contribution in [1.29, 1.82) is 0 Å². The topological polar surface area (TPSA) is 131 Å². The number of benzene rings is 1. The Morgan fingerprint density at radius 3 is 2.40 bits per heavy atom. The Balaban J connectivity index is 1.39. The molecule has 10 nitrogen and oxygen atoms in total. The lowest BCUT2D eigenvalue weighted by atomic mass is 9.74. The van der Waals surface area contributed by atoms with Crippen molar-refractivity contribution in [3.8, 4) is 5.82 Å². The summed E-state index contributed by atoms with van der Waals surface area (Å²) in [5.41, 5.74) is 8.09. The molecule has 2 aliphatic rings. The average Bonchev–Trinajstić information content (AvgIpc) is 3.36. The Morgan fingerprint density at radius 1 is 1.07 bits per heavy atom. The van der Waals surface area contributed by atoms with E-state index < -0.39 is 15.7 Å². The van der Waals surface area contributed by atoms with Crippen molar-refractivity contribution < 1.29 is 18.0 Å². The van der Waals surface area contributed by atoms with E-state index in [4.69, 9.17) is 10.7 Å². The zero-order valence-electron chi connectivity index (χ0n) is 24.8. The van der Waals surface area contributed by atoms with Crippen LogP contribution in [0, 0.1) is 17.8 Å². The number of carbonyl (C=O) groups excluding carboxylic acids is 2. The minimum atomic E-state index is -2.95. The first kappa shape index (κ1) is 30.0. The molecule has 1 atom stereocenters. The second-order valence-electron chi connectivity index (χ2n) is 12.0. The fraction of sp³-hybridized carbons (Fsp3) is 0.548. The molecule has 2 fully saturated rings. The van der Waals surface area contributed by atoms with Gasteiger partial charge in [-0.15, -0.1) is 0 Å². The van der Waals surface area contributed by atoms with Crippen LogP contribution < -0.4 is 10.6 Å². The second kappa shape index (κ2) is 12.4. The Morgan fingerprint density at radius 2 is 1.79 bits per heavy atom. The standard InChI is InChI=1S/C31H42N6O4S/c1-4-23(24-10-8-22(9-11-24)20-42(3,40)41)18-28-33-13-12-29(34-28)37-19-25(31(32)39)30-26(6-5-7-27(30)37)36-16-14-35(15-17-36)21(2)38/h5-7,12-13,19,22-24H,4,8-11,14-18,20H2,1-3H3,(H2,32,39).